The Bertz CT molecular complexity index is 1750. The van der Waals surface area contributed by atoms with Crippen LogP contribution < -0.4 is 10.6 Å². The zero-order chi connectivity index (χ0) is 34.6. The van der Waals surface area contributed by atoms with Gasteiger partial charge in [0.2, 0.25) is 21.8 Å². The van der Waals surface area contributed by atoms with Gasteiger partial charge in [-0.15, -0.1) is 0 Å². The predicted molar refractivity (Wildman–Crippen MR) is 180 cm³/mol. The highest BCUT2D eigenvalue weighted by atomic mass is 35.5. The number of carbonyl (C=O) groups is 2. The Morgan fingerprint density at radius 2 is 1.66 bits per heavy atom. The zero-order valence-electron chi connectivity index (χ0n) is 26.6. The molecule has 15 heteroatoms. The first kappa shape index (κ1) is 38.1. The number of amides is 2. The number of benzene rings is 2. The van der Waals surface area contributed by atoms with E-state index < -0.39 is 37.8 Å². The van der Waals surface area contributed by atoms with Gasteiger partial charge in [-0.2, -0.15) is 12.7 Å². The van der Waals surface area contributed by atoms with Crippen LogP contribution in [-0.2, 0) is 34.5 Å². The van der Waals surface area contributed by atoms with Crippen LogP contribution in [0.4, 0.5) is 0 Å². The minimum Gasteiger partial charge on any atom is -0.378 e. The summed E-state index contributed by atoms with van der Waals surface area (Å²) in [5.74, 6) is -2.09. The summed E-state index contributed by atoms with van der Waals surface area (Å²) in [6.07, 6.45) is 4.56. The summed E-state index contributed by atoms with van der Waals surface area (Å²) in [4.78, 5) is 28.0. The molecule has 0 spiro atoms. The van der Waals surface area contributed by atoms with Crippen LogP contribution in [0.2, 0.25) is 5.02 Å². The second-order valence-corrected chi connectivity index (χ2v) is 14.7. The lowest BCUT2D eigenvalue weighted by Crippen LogP contribution is -2.35. The van der Waals surface area contributed by atoms with Crippen molar-refractivity contribution in [2.45, 2.75) is 51.0 Å². The Labute approximate surface area is 281 Å². The molecule has 0 fully saturated rings. The number of carbonyl (C=O) groups excluding carboxylic acids is 2. The van der Waals surface area contributed by atoms with E-state index in [2.05, 4.69) is 15.6 Å². The predicted octanol–water partition coefficient (Wildman–Crippen LogP) is 4.08. The second-order valence-electron chi connectivity index (χ2n) is 11.0. The van der Waals surface area contributed by atoms with Crippen LogP contribution in [-0.4, -0.2) is 81.1 Å². The summed E-state index contributed by atoms with van der Waals surface area (Å²) in [6, 6.07) is 14.0. The van der Waals surface area contributed by atoms with E-state index >= 15 is 0 Å². The molecular weight excluding hydrogens is 668 g/mol. The zero-order valence-corrected chi connectivity index (χ0v) is 29.0. The van der Waals surface area contributed by atoms with Gasteiger partial charge in [-0.3, -0.25) is 19.1 Å². The van der Waals surface area contributed by atoms with Crippen molar-refractivity contribution < 1.29 is 35.7 Å². The van der Waals surface area contributed by atoms with Gasteiger partial charge in [-0.05, 0) is 85.7 Å². The molecule has 1 aromatic heterocycles. The Kier molecular flexibility index (Phi) is 14.3. The second kappa shape index (κ2) is 17.7. The average Bonchev–Trinajstić information content (AvgIpc) is 3.00. The van der Waals surface area contributed by atoms with Crippen molar-refractivity contribution in [3.8, 4) is 11.1 Å². The molecular formula is C32H41ClN4O8S2. The summed E-state index contributed by atoms with van der Waals surface area (Å²) in [5.41, 5.74) is 4.25. The lowest BCUT2D eigenvalue weighted by Gasteiger charge is -2.30. The molecule has 0 saturated carbocycles. The van der Waals surface area contributed by atoms with Gasteiger partial charge < -0.3 is 15.4 Å². The van der Waals surface area contributed by atoms with Crippen molar-refractivity contribution >= 4 is 43.6 Å². The molecule has 0 aliphatic heterocycles. The lowest BCUT2D eigenvalue weighted by molar-refractivity contribution is -0.121. The first-order valence-electron chi connectivity index (χ1n) is 15.0. The van der Waals surface area contributed by atoms with Gasteiger partial charge in [0.05, 0.1) is 18.1 Å². The lowest BCUT2D eigenvalue weighted by atomic mass is 9.98. The SMILES string of the molecule is Cc1cnccc1-c1cccc(C(C)N(CCCCC(=O)NCCOCCNC(=O)CS(=O)(=O)O)S(=O)(=O)c2cccc(Cl)c2C)c1. The van der Waals surface area contributed by atoms with Gasteiger partial charge in [-0.1, -0.05) is 35.9 Å². The van der Waals surface area contributed by atoms with Gasteiger partial charge in [0.1, 0.15) is 0 Å². The van der Waals surface area contributed by atoms with Crippen LogP contribution in [0.25, 0.3) is 11.1 Å². The number of ether oxygens (including phenoxy) is 1. The van der Waals surface area contributed by atoms with Gasteiger partial charge in [0.15, 0.2) is 5.75 Å². The number of hydrogen-bond donors (Lipinski definition) is 3. The molecule has 47 heavy (non-hydrogen) atoms. The number of sulfonamides is 1. The fraction of sp³-hybridized carbons (Fsp3) is 0.406. The highest BCUT2D eigenvalue weighted by Crippen LogP contribution is 2.33. The van der Waals surface area contributed by atoms with Crippen molar-refractivity contribution in [3.05, 3.63) is 82.6 Å². The highest BCUT2D eigenvalue weighted by Gasteiger charge is 2.31. The molecule has 3 N–H and O–H groups in total. The monoisotopic (exact) mass is 708 g/mol. The van der Waals surface area contributed by atoms with Gasteiger partial charge in [-0.25, -0.2) is 8.42 Å². The molecule has 0 aliphatic rings. The summed E-state index contributed by atoms with van der Waals surface area (Å²) in [5, 5.41) is 5.38. The molecule has 256 valence electrons. The number of aryl methyl sites for hydroxylation is 1. The first-order valence-corrected chi connectivity index (χ1v) is 18.5. The van der Waals surface area contributed by atoms with Gasteiger partial charge >= 0.3 is 0 Å². The third-order valence-electron chi connectivity index (χ3n) is 7.42. The van der Waals surface area contributed by atoms with E-state index in [4.69, 9.17) is 20.9 Å². The maximum absolute atomic E-state index is 14.1. The van der Waals surface area contributed by atoms with Crippen LogP contribution in [0.3, 0.4) is 0 Å². The van der Waals surface area contributed by atoms with Crippen LogP contribution in [0.15, 0.2) is 65.8 Å². The molecule has 2 aromatic carbocycles. The van der Waals surface area contributed by atoms with E-state index in [-0.39, 0.29) is 50.1 Å². The normalized spacial score (nSPS) is 12.6. The van der Waals surface area contributed by atoms with Gasteiger partial charge in [0.25, 0.3) is 10.1 Å². The minimum absolute atomic E-state index is 0.0442. The maximum atomic E-state index is 14.1. The molecule has 3 aromatic rings. The molecule has 1 heterocycles. The molecule has 0 bridgehead atoms. The van der Waals surface area contributed by atoms with Crippen LogP contribution in [0.1, 0.15) is 48.9 Å². The number of unbranched alkanes of at least 4 members (excludes halogenated alkanes) is 1. The summed E-state index contributed by atoms with van der Waals surface area (Å²) in [6.45, 7) is 6.20. The van der Waals surface area contributed by atoms with E-state index in [1.807, 2.05) is 44.2 Å². The Morgan fingerprint density at radius 1 is 0.979 bits per heavy atom. The number of pyridine rings is 1. The van der Waals surface area contributed by atoms with Crippen LogP contribution in [0.5, 0.6) is 0 Å². The number of nitrogens with zero attached hydrogens (tertiary/aromatic N) is 2. The van der Waals surface area contributed by atoms with E-state index in [0.29, 0.717) is 23.4 Å². The smallest absolute Gasteiger partial charge is 0.274 e. The highest BCUT2D eigenvalue weighted by molar-refractivity contribution is 7.89. The largest absolute Gasteiger partial charge is 0.378 e. The molecule has 12 nitrogen and oxygen atoms in total. The van der Waals surface area contributed by atoms with Gasteiger partial charge in [0, 0.05) is 49.5 Å². The Balaban J connectivity index is 1.60. The van der Waals surface area contributed by atoms with Crippen LogP contribution in [0, 0.1) is 13.8 Å². The van der Waals surface area contributed by atoms with Crippen molar-refractivity contribution in [1.29, 1.82) is 0 Å². The van der Waals surface area contributed by atoms with Crippen molar-refractivity contribution in [2.75, 3.05) is 38.6 Å². The van der Waals surface area contributed by atoms with Crippen molar-refractivity contribution in [1.82, 2.24) is 19.9 Å². The fourth-order valence-corrected chi connectivity index (χ4v) is 7.50. The third kappa shape index (κ3) is 11.7. The molecule has 2 amide bonds. The molecule has 0 saturated heterocycles. The molecule has 0 radical (unpaired) electrons. The average molecular weight is 709 g/mol. The first-order chi connectivity index (χ1) is 22.2. The fourth-order valence-electron chi connectivity index (χ4n) is 4.93. The Hall–Kier alpha value is -3.40. The number of nitrogens with one attached hydrogen (secondary N) is 2. The number of halogens is 1. The number of hydrogen-bond acceptors (Lipinski definition) is 8. The number of rotatable bonds is 18. The molecule has 1 unspecified atom stereocenters. The topological polar surface area (TPSA) is 172 Å². The van der Waals surface area contributed by atoms with E-state index in [1.54, 1.807) is 37.5 Å². The van der Waals surface area contributed by atoms with Crippen molar-refractivity contribution in [2.24, 2.45) is 0 Å². The minimum atomic E-state index is -4.39. The summed E-state index contributed by atoms with van der Waals surface area (Å²) < 4.78 is 65.0. The summed E-state index contributed by atoms with van der Waals surface area (Å²) >= 11 is 6.31. The molecule has 0 aliphatic carbocycles. The van der Waals surface area contributed by atoms with E-state index in [0.717, 1.165) is 22.3 Å². The van der Waals surface area contributed by atoms with Crippen molar-refractivity contribution in [3.63, 3.8) is 0 Å². The maximum Gasteiger partial charge on any atom is 0.274 e. The standard InChI is InChI=1S/C32H41ClN4O8S2/c1-23-21-34-14-13-28(23)27-9-6-8-26(20-27)25(3)37(47(43,44)30-11-7-10-29(33)24(30)2)17-5-4-12-31(38)35-15-18-45-19-16-36-32(39)22-46(40,41)42/h6-11,13-14,20-21,25H,4-5,12,15-19,22H2,1-3H3,(H,35,38)(H,36,39)(H,40,41,42). The summed E-state index contributed by atoms with van der Waals surface area (Å²) in [7, 11) is -8.37. The molecule has 3 rings (SSSR count). The van der Waals surface area contributed by atoms with E-state index in [9.17, 15) is 26.4 Å². The third-order valence-corrected chi connectivity index (χ3v) is 10.6. The quantitative estimate of drug-likeness (QED) is 0.130. The van der Waals surface area contributed by atoms with E-state index in [1.165, 1.54) is 4.31 Å². The Morgan fingerprint density at radius 3 is 2.34 bits per heavy atom. The molecule has 1 atom stereocenters. The van der Waals surface area contributed by atoms with Crippen LogP contribution >= 0.6 is 11.6 Å². The number of aromatic nitrogens is 1.